The van der Waals surface area contributed by atoms with Crippen LogP contribution in [0.3, 0.4) is 0 Å². The quantitative estimate of drug-likeness (QED) is 0.842. The van der Waals surface area contributed by atoms with Crippen LogP contribution < -0.4 is 14.4 Å². The van der Waals surface area contributed by atoms with Crippen molar-refractivity contribution in [3.63, 3.8) is 0 Å². The maximum Gasteiger partial charge on any atom is 0.339 e. The predicted molar refractivity (Wildman–Crippen MR) is 106 cm³/mol. The summed E-state index contributed by atoms with van der Waals surface area (Å²) in [5, 5.41) is 9.23. The lowest BCUT2D eigenvalue weighted by atomic mass is 9.96. The number of amides is 1. The Kier molecular flexibility index (Phi) is 5.31. The van der Waals surface area contributed by atoms with E-state index in [1.165, 1.54) is 13.2 Å². The maximum absolute atomic E-state index is 12.6. The Morgan fingerprint density at radius 2 is 1.82 bits per heavy atom. The number of hydrogen-bond donors (Lipinski definition) is 1. The number of carbonyl (C=O) groups is 2. The monoisotopic (exact) mass is 383 g/mol. The molecule has 148 valence electrons. The Hall–Kier alpha value is -3.02. The van der Waals surface area contributed by atoms with Crippen molar-refractivity contribution in [2.45, 2.75) is 38.7 Å². The highest BCUT2D eigenvalue weighted by atomic mass is 16.5. The fraction of sp³-hybridized carbons (Fsp3) is 0.364. The lowest BCUT2D eigenvalue weighted by molar-refractivity contribution is -0.117. The third-order valence-electron chi connectivity index (χ3n) is 4.62. The number of ether oxygens (including phenoxy) is 2. The molecular weight excluding hydrogens is 358 g/mol. The summed E-state index contributed by atoms with van der Waals surface area (Å²) in [5.74, 6) is 0.0450. The van der Waals surface area contributed by atoms with Gasteiger partial charge in [-0.1, -0.05) is 6.07 Å². The Morgan fingerprint density at radius 1 is 1.14 bits per heavy atom. The van der Waals surface area contributed by atoms with E-state index in [1.807, 2.05) is 45.0 Å². The highest BCUT2D eigenvalue weighted by Gasteiger charge is 2.32. The number of hydrogen-bond acceptors (Lipinski definition) is 4. The van der Waals surface area contributed by atoms with Gasteiger partial charge >= 0.3 is 5.97 Å². The van der Waals surface area contributed by atoms with Gasteiger partial charge in [0.25, 0.3) is 0 Å². The molecule has 1 fully saturated rings. The molecule has 1 N–H and O–H groups in total. The van der Waals surface area contributed by atoms with Crippen LogP contribution in [0.5, 0.6) is 11.5 Å². The molecule has 28 heavy (non-hydrogen) atoms. The van der Waals surface area contributed by atoms with Gasteiger partial charge in [-0.05, 0) is 62.7 Å². The predicted octanol–water partition coefficient (Wildman–Crippen LogP) is 4.09. The summed E-state index contributed by atoms with van der Waals surface area (Å²) in [6, 6.07) is 12.5. The van der Waals surface area contributed by atoms with Gasteiger partial charge in [-0.25, -0.2) is 4.79 Å². The molecule has 6 nitrogen and oxygen atoms in total. The van der Waals surface area contributed by atoms with Crippen LogP contribution in [0.4, 0.5) is 5.69 Å². The van der Waals surface area contributed by atoms with Gasteiger partial charge in [0.1, 0.15) is 22.7 Å². The third kappa shape index (κ3) is 4.27. The molecule has 1 aliphatic rings. The molecule has 0 aromatic heterocycles. The van der Waals surface area contributed by atoms with Crippen molar-refractivity contribution < 1.29 is 24.2 Å². The standard InChI is InChI=1S/C22H25NO5/c1-22(2,3)28-17-8-6-16(7-9-17)23-13-15(12-20(23)24)14-5-10-18(21(25)26)19(11-14)27-4/h5-11,15H,12-13H2,1-4H3,(H,25,26). The molecule has 2 aromatic carbocycles. The summed E-state index contributed by atoms with van der Waals surface area (Å²) < 4.78 is 11.0. The fourth-order valence-electron chi connectivity index (χ4n) is 3.37. The zero-order valence-electron chi connectivity index (χ0n) is 16.6. The molecule has 0 spiro atoms. The topological polar surface area (TPSA) is 76.1 Å². The number of carboxylic acid groups (broad SMARTS) is 1. The number of methoxy groups -OCH3 is 1. The van der Waals surface area contributed by atoms with Crippen LogP contribution in [0.15, 0.2) is 42.5 Å². The lowest BCUT2D eigenvalue weighted by Gasteiger charge is -2.22. The van der Waals surface area contributed by atoms with Crippen LogP contribution in [0.2, 0.25) is 0 Å². The van der Waals surface area contributed by atoms with Crippen molar-refractivity contribution in [3.8, 4) is 11.5 Å². The molecule has 2 aromatic rings. The SMILES string of the molecule is COc1cc(C2CC(=O)N(c3ccc(OC(C)(C)C)cc3)C2)ccc1C(=O)O. The fourth-order valence-corrected chi connectivity index (χ4v) is 3.37. The van der Waals surface area contributed by atoms with Gasteiger partial charge in [-0.2, -0.15) is 0 Å². The molecule has 1 heterocycles. The molecule has 1 amide bonds. The largest absolute Gasteiger partial charge is 0.496 e. The minimum atomic E-state index is -1.04. The van der Waals surface area contributed by atoms with Crippen LogP contribution in [-0.4, -0.2) is 36.2 Å². The first-order valence-electron chi connectivity index (χ1n) is 9.18. The van der Waals surface area contributed by atoms with Crippen molar-refractivity contribution in [3.05, 3.63) is 53.6 Å². The highest BCUT2D eigenvalue weighted by Crippen LogP contribution is 2.35. The molecular formula is C22H25NO5. The zero-order valence-corrected chi connectivity index (χ0v) is 16.6. The molecule has 0 saturated carbocycles. The summed E-state index contributed by atoms with van der Waals surface area (Å²) in [4.78, 5) is 25.6. The zero-order chi connectivity index (χ0) is 20.5. The van der Waals surface area contributed by atoms with Crippen molar-refractivity contribution in [2.75, 3.05) is 18.6 Å². The third-order valence-corrected chi connectivity index (χ3v) is 4.62. The summed E-state index contributed by atoms with van der Waals surface area (Å²) in [5.41, 5.74) is 1.55. The van der Waals surface area contributed by atoms with E-state index in [-0.39, 0.29) is 23.0 Å². The van der Waals surface area contributed by atoms with E-state index in [0.717, 1.165) is 17.0 Å². The number of anilines is 1. The molecule has 0 aliphatic carbocycles. The number of aromatic carboxylic acids is 1. The number of nitrogens with zero attached hydrogens (tertiary/aromatic N) is 1. The van der Waals surface area contributed by atoms with Crippen LogP contribution in [0, 0.1) is 0 Å². The van der Waals surface area contributed by atoms with E-state index in [2.05, 4.69) is 0 Å². The number of benzene rings is 2. The molecule has 1 atom stereocenters. The molecule has 0 bridgehead atoms. The molecule has 3 rings (SSSR count). The van der Waals surface area contributed by atoms with Gasteiger partial charge in [-0.15, -0.1) is 0 Å². The van der Waals surface area contributed by atoms with Gasteiger partial charge in [0, 0.05) is 24.6 Å². The second-order valence-corrected chi connectivity index (χ2v) is 7.88. The Bertz CT molecular complexity index is 883. The van der Waals surface area contributed by atoms with Gasteiger partial charge < -0.3 is 19.5 Å². The van der Waals surface area contributed by atoms with Crippen LogP contribution in [0.1, 0.15) is 49.0 Å². The van der Waals surface area contributed by atoms with Gasteiger partial charge in [0.05, 0.1) is 7.11 Å². The molecule has 1 unspecified atom stereocenters. The second kappa shape index (κ2) is 7.54. The van der Waals surface area contributed by atoms with E-state index in [0.29, 0.717) is 18.7 Å². The maximum atomic E-state index is 12.6. The van der Waals surface area contributed by atoms with Crippen molar-refractivity contribution in [1.82, 2.24) is 0 Å². The van der Waals surface area contributed by atoms with Crippen LogP contribution in [-0.2, 0) is 4.79 Å². The smallest absolute Gasteiger partial charge is 0.339 e. The average molecular weight is 383 g/mol. The lowest BCUT2D eigenvalue weighted by Crippen LogP contribution is -2.25. The first-order chi connectivity index (χ1) is 13.2. The van der Waals surface area contributed by atoms with E-state index in [1.54, 1.807) is 17.0 Å². The number of carboxylic acids is 1. The summed E-state index contributed by atoms with van der Waals surface area (Å²) >= 11 is 0. The highest BCUT2D eigenvalue weighted by molar-refractivity contribution is 5.96. The van der Waals surface area contributed by atoms with Crippen molar-refractivity contribution in [2.24, 2.45) is 0 Å². The summed E-state index contributed by atoms with van der Waals surface area (Å²) in [6.07, 6.45) is 0.371. The number of carbonyl (C=O) groups excluding carboxylic acids is 1. The molecule has 6 heteroatoms. The van der Waals surface area contributed by atoms with Gasteiger partial charge in [-0.3, -0.25) is 4.79 Å². The van der Waals surface area contributed by atoms with Crippen molar-refractivity contribution in [1.29, 1.82) is 0 Å². The van der Waals surface area contributed by atoms with Gasteiger partial charge in [0.15, 0.2) is 0 Å². The average Bonchev–Trinajstić information content (AvgIpc) is 3.02. The molecule has 1 saturated heterocycles. The van der Waals surface area contributed by atoms with Crippen molar-refractivity contribution >= 4 is 17.6 Å². The van der Waals surface area contributed by atoms with Crippen LogP contribution in [0.25, 0.3) is 0 Å². The second-order valence-electron chi connectivity index (χ2n) is 7.88. The minimum Gasteiger partial charge on any atom is -0.496 e. The summed E-state index contributed by atoms with van der Waals surface area (Å²) in [7, 11) is 1.44. The Balaban J connectivity index is 1.77. The van der Waals surface area contributed by atoms with E-state index in [4.69, 9.17) is 9.47 Å². The van der Waals surface area contributed by atoms with E-state index in [9.17, 15) is 14.7 Å². The first kappa shape index (κ1) is 19.7. The molecule has 1 aliphatic heterocycles. The minimum absolute atomic E-state index is 0.0188. The first-order valence-corrected chi connectivity index (χ1v) is 9.18. The van der Waals surface area contributed by atoms with E-state index >= 15 is 0 Å². The Morgan fingerprint density at radius 3 is 2.39 bits per heavy atom. The van der Waals surface area contributed by atoms with Gasteiger partial charge in [0.2, 0.25) is 5.91 Å². The summed E-state index contributed by atoms with van der Waals surface area (Å²) in [6.45, 7) is 6.49. The van der Waals surface area contributed by atoms with Crippen LogP contribution >= 0.6 is 0 Å². The normalized spacial score (nSPS) is 16.9. The van der Waals surface area contributed by atoms with E-state index < -0.39 is 5.97 Å². The number of rotatable bonds is 5. The Labute approximate surface area is 164 Å². The molecule has 0 radical (unpaired) electrons.